The van der Waals surface area contributed by atoms with E-state index in [1.807, 2.05) is 0 Å². The van der Waals surface area contributed by atoms with Crippen LogP contribution in [0, 0.1) is 0 Å². The monoisotopic (exact) mass is 327 g/mol. The Labute approximate surface area is 130 Å². The van der Waals surface area contributed by atoms with Gasteiger partial charge in [0, 0.05) is 17.1 Å². The molecule has 110 valence electrons. The molecule has 0 aliphatic rings. The minimum Gasteiger partial charge on any atom is -0.506 e. The van der Waals surface area contributed by atoms with Crippen molar-refractivity contribution in [2.24, 2.45) is 0 Å². The maximum atomic E-state index is 10.9. The summed E-state index contributed by atoms with van der Waals surface area (Å²) >= 11 is 11.7. The standard InChI is InChI=1S/C14H11Cl2NO4/c15-8-4-7(12(18)10(16)5-8)6-17-11-3-1-2-9(13(11)19)14(20)21/h1-5,17-19H,6H2,(H,20,21). The number of benzene rings is 2. The Kier molecular flexibility index (Phi) is 4.45. The molecule has 0 heterocycles. The molecule has 5 nitrogen and oxygen atoms in total. The predicted molar refractivity (Wildman–Crippen MR) is 80.5 cm³/mol. The van der Waals surface area contributed by atoms with Gasteiger partial charge in [0.25, 0.3) is 0 Å². The van der Waals surface area contributed by atoms with E-state index >= 15 is 0 Å². The molecule has 0 spiro atoms. The lowest BCUT2D eigenvalue weighted by Crippen LogP contribution is -2.03. The van der Waals surface area contributed by atoms with Crippen molar-refractivity contribution in [3.8, 4) is 11.5 Å². The molecule has 21 heavy (non-hydrogen) atoms. The van der Waals surface area contributed by atoms with Gasteiger partial charge in [0.1, 0.15) is 11.3 Å². The molecule has 0 saturated carbocycles. The van der Waals surface area contributed by atoms with Crippen LogP contribution < -0.4 is 5.32 Å². The third-order valence-electron chi connectivity index (χ3n) is 2.84. The second-order valence-corrected chi connectivity index (χ2v) is 5.10. The molecule has 0 saturated heterocycles. The lowest BCUT2D eigenvalue weighted by molar-refractivity contribution is 0.0694. The molecule has 0 aromatic heterocycles. The second kappa shape index (κ2) is 6.11. The first-order valence-corrected chi connectivity index (χ1v) is 6.61. The molecule has 0 fully saturated rings. The first-order valence-electron chi connectivity index (χ1n) is 5.86. The molecule has 2 rings (SSSR count). The van der Waals surface area contributed by atoms with Crippen molar-refractivity contribution in [2.75, 3.05) is 5.32 Å². The van der Waals surface area contributed by atoms with E-state index in [9.17, 15) is 15.0 Å². The minimum atomic E-state index is -1.23. The Hall–Kier alpha value is -2.11. The lowest BCUT2D eigenvalue weighted by Gasteiger charge is -2.12. The molecule has 0 aliphatic carbocycles. The van der Waals surface area contributed by atoms with Crippen LogP contribution in [0.1, 0.15) is 15.9 Å². The van der Waals surface area contributed by atoms with E-state index in [4.69, 9.17) is 28.3 Å². The largest absolute Gasteiger partial charge is 0.506 e. The lowest BCUT2D eigenvalue weighted by atomic mass is 10.1. The summed E-state index contributed by atoms with van der Waals surface area (Å²) in [5, 5.41) is 31.9. The number of halogens is 2. The van der Waals surface area contributed by atoms with E-state index < -0.39 is 5.97 Å². The molecule has 0 radical (unpaired) electrons. The number of aromatic hydroxyl groups is 2. The molecule has 2 aromatic carbocycles. The molecule has 4 N–H and O–H groups in total. The zero-order valence-electron chi connectivity index (χ0n) is 10.6. The van der Waals surface area contributed by atoms with Crippen LogP contribution in [0.3, 0.4) is 0 Å². The topological polar surface area (TPSA) is 89.8 Å². The number of carbonyl (C=O) groups is 1. The van der Waals surface area contributed by atoms with Crippen molar-refractivity contribution >= 4 is 34.9 Å². The van der Waals surface area contributed by atoms with E-state index in [1.165, 1.54) is 30.3 Å². The summed E-state index contributed by atoms with van der Waals surface area (Å²) < 4.78 is 0. The number of para-hydroxylation sites is 1. The van der Waals surface area contributed by atoms with E-state index in [-0.39, 0.29) is 34.3 Å². The highest BCUT2D eigenvalue weighted by Crippen LogP contribution is 2.33. The smallest absolute Gasteiger partial charge is 0.339 e. The summed E-state index contributed by atoms with van der Waals surface area (Å²) in [6.07, 6.45) is 0. The van der Waals surface area contributed by atoms with Crippen LogP contribution in [0.4, 0.5) is 5.69 Å². The summed E-state index contributed by atoms with van der Waals surface area (Å²) in [6, 6.07) is 7.23. The van der Waals surface area contributed by atoms with Gasteiger partial charge >= 0.3 is 5.97 Å². The molecule has 0 aliphatic heterocycles. The third kappa shape index (κ3) is 3.32. The Morgan fingerprint density at radius 3 is 2.52 bits per heavy atom. The van der Waals surface area contributed by atoms with Gasteiger partial charge in [0.05, 0.1) is 10.7 Å². The van der Waals surface area contributed by atoms with Gasteiger partial charge in [-0.15, -0.1) is 0 Å². The van der Waals surface area contributed by atoms with E-state index in [0.29, 0.717) is 10.6 Å². The predicted octanol–water partition coefficient (Wildman–Crippen LogP) is 3.71. The number of hydrogen-bond acceptors (Lipinski definition) is 4. The number of phenols is 2. The zero-order chi connectivity index (χ0) is 15.6. The van der Waals surface area contributed by atoms with Crippen LogP contribution in [0.2, 0.25) is 10.0 Å². The minimum absolute atomic E-state index is 0.114. The number of nitrogens with one attached hydrogen (secondary N) is 1. The molecule has 2 aromatic rings. The molecule has 0 unspecified atom stereocenters. The van der Waals surface area contributed by atoms with Gasteiger partial charge in [-0.25, -0.2) is 4.79 Å². The van der Waals surface area contributed by atoms with Crippen LogP contribution in [0.15, 0.2) is 30.3 Å². The second-order valence-electron chi connectivity index (χ2n) is 4.26. The fourth-order valence-corrected chi connectivity index (χ4v) is 2.34. The number of aromatic carboxylic acids is 1. The van der Waals surface area contributed by atoms with Gasteiger partial charge in [-0.3, -0.25) is 0 Å². The molecular formula is C14H11Cl2NO4. The van der Waals surface area contributed by atoms with Gasteiger partial charge in [-0.1, -0.05) is 29.3 Å². The van der Waals surface area contributed by atoms with E-state index in [1.54, 1.807) is 0 Å². The van der Waals surface area contributed by atoms with Crippen molar-refractivity contribution in [1.29, 1.82) is 0 Å². The van der Waals surface area contributed by atoms with Crippen molar-refractivity contribution in [2.45, 2.75) is 6.54 Å². The molecule has 0 amide bonds. The van der Waals surface area contributed by atoms with E-state index in [2.05, 4.69) is 5.32 Å². The SMILES string of the molecule is O=C(O)c1cccc(NCc2cc(Cl)cc(Cl)c2O)c1O. The quantitative estimate of drug-likeness (QED) is 0.642. The molecule has 7 heteroatoms. The van der Waals surface area contributed by atoms with Crippen molar-refractivity contribution in [1.82, 2.24) is 0 Å². The summed E-state index contributed by atoms with van der Waals surface area (Å²) in [6.45, 7) is 0.114. The highest BCUT2D eigenvalue weighted by Gasteiger charge is 2.14. The normalized spacial score (nSPS) is 10.4. The van der Waals surface area contributed by atoms with Crippen LogP contribution in [0.5, 0.6) is 11.5 Å². The van der Waals surface area contributed by atoms with Crippen molar-refractivity contribution in [3.05, 3.63) is 51.5 Å². The third-order valence-corrected chi connectivity index (χ3v) is 3.35. The van der Waals surface area contributed by atoms with Gasteiger partial charge in [0.15, 0.2) is 5.75 Å². The molecule has 0 bridgehead atoms. The fraction of sp³-hybridized carbons (Fsp3) is 0.0714. The Morgan fingerprint density at radius 2 is 1.86 bits per heavy atom. The maximum absolute atomic E-state index is 10.9. The molecule has 0 atom stereocenters. The number of rotatable bonds is 4. The average molecular weight is 328 g/mol. The first kappa shape index (κ1) is 15.3. The Balaban J connectivity index is 2.25. The van der Waals surface area contributed by atoms with Crippen molar-refractivity contribution < 1.29 is 20.1 Å². The van der Waals surface area contributed by atoms with Crippen LogP contribution in [-0.4, -0.2) is 21.3 Å². The average Bonchev–Trinajstić information content (AvgIpc) is 2.42. The highest BCUT2D eigenvalue weighted by molar-refractivity contribution is 6.35. The van der Waals surface area contributed by atoms with Crippen LogP contribution in [-0.2, 0) is 6.54 Å². The van der Waals surface area contributed by atoms with E-state index in [0.717, 1.165) is 0 Å². The van der Waals surface area contributed by atoms with Gasteiger partial charge in [0.2, 0.25) is 0 Å². The summed E-state index contributed by atoms with van der Waals surface area (Å²) in [4.78, 5) is 10.9. The number of anilines is 1. The maximum Gasteiger partial charge on any atom is 0.339 e. The Bertz CT molecular complexity index is 704. The van der Waals surface area contributed by atoms with Crippen molar-refractivity contribution in [3.63, 3.8) is 0 Å². The number of phenolic OH excluding ortho intramolecular Hbond substituents is 1. The summed E-state index contributed by atoms with van der Waals surface area (Å²) in [5.74, 6) is -1.73. The van der Waals surface area contributed by atoms with Crippen LogP contribution in [0.25, 0.3) is 0 Å². The zero-order valence-corrected chi connectivity index (χ0v) is 12.1. The molecular weight excluding hydrogens is 317 g/mol. The van der Waals surface area contributed by atoms with Crippen LogP contribution >= 0.6 is 23.2 Å². The Morgan fingerprint density at radius 1 is 1.14 bits per heavy atom. The van der Waals surface area contributed by atoms with Gasteiger partial charge in [-0.05, 0) is 24.3 Å². The number of carboxylic acid groups (broad SMARTS) is 1. The number of hydrogen-bond donors (Lipinski definition) is 4. The fourth-order valence-electron chi connectivity index (χ4n) is 1.80. The number of carboxylic acids is 1. The van der Waals surface area contributed by atoms with Gasteiger partial charge < -0.3 is 20.6 Å². The summed E-state index contributed by atoms with van der Waals surface area (Å²) in [5.41, 5.74) is 0.436. The van der Waals surface area contributed by atoms with Gasteiger partial charge in [-0.2, -0.15) is 0 Å². The first-order chi connectivity index (χ1) is 9.90. The highest BCUT2D eigenvalue weighted by atomic mass is 35.5. The summed E-state index contributed by atoms with van der Waals surface area (Å²) in [7, 11) is 0.